The van der Waals surface area contributed by atoms with Crippen LogP contribution in [-0.2, 0) is 6.42 Å². The SMILES string of the molecule is CN1CCN(C(C)(C)CNCCCc2ccccc2)CC1. The fraction of sp³-hybridized carbons (Fsp3) is 0.667. The van der Waals surface area contributed by atoms with Crippen LogP contribution in [0.1, 0.15) is 25.8 Å². The number of nitrogens with zero attached hydrogens (tertiary/aromatic N) is 2. The summed E-state index contributed by atoms with van der Waals surface area (Å²) in [5.41, 5.74) is 1.70. The number of rotatable bonds is 7. The fourth-order valence-corrected chi connectivity index (χ4v) is 2.98. The summed E-state index contributed by atoms with van der Waals surface area (Å²) in [6, 6.07) is 10.8. The first-order valence-corrected chi connectivity index (χ1v) is 8.26. The molecule has 0 aliphatic carbocycles. The van der Waals surface area contributed by atoms with E-state index in [0.29, 0.717) is 0 Å². The zero-order valence-corrected chi connectivity index (χ0v) is 13.9. The second-order valence-electron chi connectivity index (χ2n) is 6.87. The summed E-state index contributed by atoms with van der Waals surface area (Å²) in [6.07, 6.45) is 2.38. The molecular weight excluding hydrogens is 258 g/mol. The maximum atomic E-state index is 3.65. The Morgan fingerprint density at radius 2 is 1.71 bits per heavy atom. The van der Waals surface area contributed by atoms with Gasteiger partial charge in [0.2, 0.25) is 0 Å². The molecule has 1 N–H and O–H groups in total. The first kappa shape index (κ1) is 16.5. The smallest absolute Gasteiger partial charge is 0.0278 e. The van der Waals surface area contributed by atoms with Gasteiger partial charge in [-0.05, 0) is 45.8 Å². The van der Waals surface area contributed by atoms with Crippen LogP contribution in [0.25, 0.3) is 0 Å². The summed E-state index contributed by atoms with van der Waals surface area (Å²) in [4.78, 5) is 5.04. The molecule has 0 amide bonds. The predicted molar refractivity (Wildman–Crippen MR) is 90.8 cm³/mol. The van der Waals surface area contributed by atoms with E-state index in [9.17, 15) is 0 Å². The van der Waals surface area contributed by atoms with Gasteiger partial charge in [0, 0.05) is 38.3 Å². The van der Waals surface area contributed by atoms with Gasteiger partial charge in [0.1, 0.15) is 0 Å². The average molecular weight is 289 g/mol. The molecular formula is C18H31N3. The van der Waals surface area contributed by atoms with Crippen molar-refractivity contribution in [3.8, 4) is 0 Å². The van der Waals surface area contributed by atoms with Gasteiger partial charge in [-0.1, -0.05) is 30.3 Å². The largest absolute Gasteiger partial charge is 0.315 e. The Balaban J connectivity index is 1.63. The molecule has 0 aromatic heterocycles. The Kier molecular flexibility index (Phi) is 6.22. The molecule has 0 bridgehead atoms. The topological polar surface area (TPSA) is 18.5 Å². The molecule has 1 saturated heterocycles. The van der Waals surface area contributed by atoms with Gasteiger partial charge < -0.3 is 10.2 Å². The number of hydrogen-bond acceptors (Lipinski definition) is 3. The van der Waals surface area contributed by atoms with Crippen LogP contribution in [0.15, 0.2) is 30.3 Å². The zero-order chi connectivity index (χ0) is 15.1. The van der Waals surface area contributed by atoms with Crippen molar-refractivity contribution in [2.75, 3.05) is 46.3 Å². The van der Waals surface area contributed by atoms with Gasteiger partial charge in [0.05, 0.1) is 0 Å². The summed E-state index contributed by atoms with van der Waals surface area (Å²) in [7, 11) is 2.21. The molecule has 1 aromatic rings. The van der Waals surface area contributed by atoms with E-state index < -0.39 is 0 Å². The van der Waals surface area contributed by atoms with Crippen molar-refractivity contribution in [1.29, 1.82) is 0 Å². The lowest BCUT2D eigenvalue weighted by Crippen LogP contribution is -2.57. The second kappa shape index (κ2) is 7.92. The summed E-state index contributed by atoms with van der Waals surface area (Å²) in [5, 5.41) is 3.65. The van der Waals surface area contributed by atoms with Crippen molar-refractivity contribution in [1.82, 2.24) is 15.1 Å². The molecule has 3 heteroatoms. The maximum absolute atomic E-state index is 3.65. The highest BCUT2D eigenvalue weighted by Gasteiger charge is 2.28. The quantitative estimate of drug-likeness (QED) is 0.777. The average Bonchev–Trinajstić information content (AvgIpc) is 2.48. The summed E-state index contributed by atoms with van der Waals surface area (Å²) in [6.45, 7) is 11.7. The van der Waals surface area contributed by atoms with Crippen LogP contribution in [0.3, 0.4) is 0 Å². The number of likely N-dealkylation sites (N-methyl/N-ethyl adjacent to an activating group) is 1. The third kappa shape index (κ3) is 5.42. The van der Waals surface area contributed by atoms with E-state index >= 15 is 0 Å². The molecule has 0 radical (unpaired) electrons. The van der Waals surface area contributed by atoms with Gasteiger partial charge in [-0.3, -0.25) is 4.90 Å². The normalized spacial score (nSPS) is 18.0. The van der Waals surface area contributed by atoms with Crippen LogP contribution < -0.4 is 5.32 Å². The van der Waals surface area contributed by atoms with Crippen molar-refractivity contribution in [3.63, 3.8) is 0 Å². The Labute approximate surface area is 130 Å². The van der Waals surface area contributed by atoms with Gasteiger partial charge in [0.15, 0.2) is 0 Å². The number of nitrogens with one attached hydrogen (secondary N) is 1. The number of aryl methyl sites for hydroxylation is 1. The second-order valence-corrected chi connectivity index (χ2v) is 6.87. The molecule has 1 aliphatic heterocycles. The highest BCUT2D eigenvalue weighted by Crippen LogP contribution is 2.15. The van der Waals surface area contributed by atoms with Crippen LogP contribution in [0.2, 0.25) is 0 Å². The van der Waals surface area contributed by atoms with Crippen molar-refractivity contribution >= 4 is 0 Å². The summed E-state index contributed by atoms with van der Waals surface area (Å²) >= 11 is 0. The van der Waals surface area contributed by atoms with Gasteiger partial charge in [-0.25, -0.2) is 0 Å². The third-order valence-electron chi connectivity index (χ3n) is 4.58. The summed E-state index contributed by atoms with van der Waals surface area (Å²) < 4.78 is 0. The molecule has 0 atom stereocenters. The Hall–Kier alpha value is -0.900. The Morgan fingerprint density at radius 1 is 1.05 bits per heavy atom. The van der Waals surface area contributed by atoms with E-state index in [2.05, 4.69) is 66.3 Å². The monoisotopic (exact) mass is 289 g/mol. The van der Waals surface area contributed by atoms with Gasteiger partial charge in [-0.15, -0.1) is 0 Å². The van der Waals surface area contributed by atoms with Crippen LogP contribution in [0, 0.1) is 0 Å². The highest BCUT2D eigenvalue weighted by molar-refractivity contribution is 5.14. The van der Waals surface area contributed by atoms with E-state index in [1.165, 1.54) is 44.6 Å². The Bertz CT molecular complexity index is 394. The minimum Gasteiger partial charge on any atom is -0.315 e. The van der Waals surface area contributed by atoms with Gasteiger partial charge in [-0.2, -0.15) is 0 Å². The molecule has 0 unspecified atom stereocenters. The molecule has 1 aromatic carbocycles. The molecule has 21 heavy (non-hydrogen) atoms. The van der Waals surface area contributed by atoms with Crippen molar-refractivity contribution in [2.24, 2.45) is 0 Å². The van der Waals surface area contributed by atoms with Crippen LogP contribution in [-0.4, -0.2) is 61.7 Å². The molecule has 118 valence electrons. The molecule has 1 aliphatic rings. The third-order valence-corrected chi connectivity index (χ3v) is 4.58. The van der Waals surface area contributed by atoms with E-state index in [0.717, 1.165) is 13.1 Å². The van der Waals surface area contributed by atoms with Crippen LogP contribution >= 0.6 is 0 Å². The molecule has 0 saturated carbocycles. The number of hydrogen-bond donors (Lipinski definition) is 1. The molecule has 1 fully saturated rings. The minimum absolute atomic E-state index is 0.258. The zero-order valence-electron chi connectivity index (χ0n) is 13.9. The van der Waals surface area contributed by atoms with Crippen molar-refractivity contribution in [3.05, 3.63) is 35.9 Å². The van der Waals surface area contributed by atoms with E-state index in [1.54, 1.807) is 0 Å². The van der Waals surface area contributed by atoms with Crippen LogP contribution in [0.4, 0.5) is 0 Å². The van der Waals surface area contributed by atoms with Crippen molar-refractivity contribution in [2.45, 2.75) is 32.2 Å². The number of piperazine rings is 1. The Morgan fingerprint density at radius 3 is 2.38 bits per heavy atom. The first-order chi connectivity index (χ1) is 10.1. The number of benzene rings is 1. The molecule has 1 heterocycles. The standard InChI is InChI=1S/C18H31N3/c1-18(2,21-14-12-20(3)13-15-21)16-19-11-7-10-17-8-5-4-6-9-17/h4-6,8-9,19H,7,10-16H2,1-3H3. The molecule has 0 spiro atoms. The van der Waals surface area contributed by atoms with Crippen LogP contribution in [0.5, 0.6) is 0 Å². The van der Waals surface area contributed by atoms with Crippen molar-refractivity contribution < 1.29 is 0 Å². The molecule has 2 rings (SSSR count). The highest BCUT2D eigenvalue weighted by atomic mass is 15.3. The van der Waals surface area contributed by atoms with Gasteiger partial charge >= 0.3 is 0 Å². The lowest BCUT2D eigenvalue weighted by atomic mass is 10.0. The lowest BCUT2D eigenvalue weighted by Gasteiger charge is -2.43. The van der Waals surface area contributed by atoms with E-state index in [1.807, 2.05) is 0 Å². The minimum atomic E-state index is 0.258. The predicted octanol–water partition coefficient (Wildman–Crippen LogP) is 2.23. The first-order valence-electron chi connectivity index (χ1n) is 8.26. The van der Waals surface area contributed by atoms with E-state index in [-0.39, 0.29) is 5.54 Å². The molecule has 3 nitrogen and oxygen atoms in total. The lowest BCUT2D eigenvalue weighted by molar-refractivity contribution is 0.0620. The maximum Gasteiger partial charge on any atom is 0.0278 e. The van der Waals surface area contributed by atoms with Gasteiger partial charge in [0.25, 0.3) is 0 Å². The van der Waals surface area contributed by atoms with E-state index in [4.69, 9.17) is 0 Å². The summed E-state index contributed by atoms with van der Waals surface area (Å²) in [5.74, 6) is 0. The fourth-order valence-electron chi connectivity index (χ4n) is 2.98.